The second kappa shape index (κ2) is 8.14. The fraction of sp³-hybridized carbons (Fsp3) is 0.200. The van der Waals surface area contributed by atoms with Crippen LogP contribution in [0.25, 0.3) is 33.5 Å². The van der Waals surface area contributed by atoms with Gasteiger partial charge in [-0.15, -0.1) is 10.2 Å². The van der Waals surface area contributed by atoms with Crippen LogP contribution < -0.4 is 0 Å². The van der Waals surface area contributed by atoms with Gasteiger partial charge in [-0.2, -0.15) is 5.21 Å². The first kappa shape index (κ1) is 19.2. The summed E-state index contributed by atoms with van der Waals surface area (Å²) in [7, 11) is 0. The number of nitrogens with zero attached hydrogens (tertiary/aromatic N) is 5. The Balaban J connectivity index is 1.50. The molecule has 3 aromatic carbocycles. The molecule has 0 fully saturated rings. The zero-order valence-corrected chi connectivity index (χ0v) is 17.7. The highest BCUT2D eigenvalue weighted by Crippen LogP contribution is 2.30. The molecule has 0 radical (unpaired) electrons. The molecule has 0 atom stereocenters. The summed E-state index contributed by atoms with van der Waals surface area (Å²) in [6, 6.07) is 23.2. The van der Waals surface area contributed by atoms with Crippen molar-refractivity contribution in [3.05, 3.63) is 83.7 Å². The van der Waals surface area contributed by atoms with Crippen LogP contribution in [0.2, 0.25) is 0 Å². The second-order valence-corrected chi connectivity index (χ2v) is 7.78. The van der Waals surface area contributed by atoms with Crippen LogP contribution >= 0.6 is 0 Å². The van der Waals surface area contributed by atoms with Gasteiger partial charge in [0.2, 0.25) is 5.82 Å². The fourth-order valence-corrected chi connectivity index (χ4v) is 4.18. The SMILES string of the molecule is CCCc1nc2cccc(C)c2n1Cc1ccc(-c2ccccc2-c2nn[nH]n2)cc1. The first-order chi connectivity index (χ1) is 15.2. The number of aromatic amines is 1. The number of tetrazole rings is 1. The first-order valence-corrected chi connectivity index (χ1v) is 10.6. The number of para-hydroxylation sites is 1. The van der Waals surface area contributed by atoms with Gasteiger partial charge >= 0.3 is 0 Å². The lowest BCUT2D eigenvalue weighted by Crippen LogP contribution is -2.06. The van der Waals surface area contributed by atoms with Gasteiger partial charge in [-0.3, -0.25) is 0 Å². The number of aromatic nitrogens is 6. The van der Waals surface area contributed by atoms with Gasteiger partial charge in [-0.05, 0) is 46.9 Å². The summed E-state index contributed by atoms with van der Waals surface area (Å²) in [6.45, 7) is 5.17. The van der Waals surface area contributed by atoms with Crippen LogP contribution in [0.4, 0.5) is 0 Å². The second-order valence-electron chi connectivity index (χ2n) is 7.78. The molecule has 2 aromatic heterocycles. The number of aryl methyl sites for hydroxylation is 2. The number of fused-ring (bicyclic) bond motifs is 1. The highest BCUT2D eigenvalue weighted by molar-refractivity contribution is 5.81. The average molecular weight is 409 g/mol. The van der Waals surface area contributed by atoms with Crippen LogP contribution in [-0.2, 0) is 13.0 Å². The number of hydrogen-bond acceptors (Lipinski definition) is 4. The first-order valence-electron chi connectivity index (χ1n) is 10.6. The van der Waals surface area contributed by atoms with Gasteiger partial charge < -0.3 is 4.57 Å². The largest absolute Gasteiger partial charge is 0.323 e. The van der Waals surface area contributed by atoms with Crippen molar-refractivity contribution in [3.8, 4) is 22.5 Å². The van der Waals surface area contributed by atoms with E-state index in [4.69, 9.17) is 4.98 Å². The fourth-order valence-electron chi connectivity index (χ4n) is 4.18. The Labute approximate surface area is 181 Å². The molecule has 1 N–H and O–H groups in total. The molecule has 0 unspecified atom stereocenters. The average Bonchev–Trinajstić information content (AvgIpc) is 3.44. The number of H-pyrrole nitrogens is 1. The van der Waals surface area contributed by atoms with Gasteiger partial charge in [0, 0.05) is 18.5 Å². The molecule has 0 saturated heterocycles. The van der Waals surface area contributed by atoms with Crippen molar-refractivity contribution in [2.45, 2.75) is 33.2 Å². The topological polar surface area (TPSA) is 72.3 Å². The van der Waals surface area contributed by atoms with E-state index in [-0.39, 0.29) is 0 Å². The van der Waals surface area contributed by atoms with E-state index in [9.17, 15) is 0 Å². The van der Waals surface area contributed by atoms with Gasteiger partial charge in [0.1, 0.15) is 5.82 Å². The van der Waals surface area contributed by atoms with E-state index in [1.807, 2.05) is 18.2 Å². The summed E-state index contributed by atoms with van der Waals surface area (Å²) in [5.41, 5.74) is 8.01. The number of nitrogens with one attached hydrogen (secondary N) is 1. The standard InChI is InChI=1S/C25H24N6/c1-3-7-23-26-22-11-6-8-17(2)24(22)31(23)16-18-12-14-19(15-13-18)20-9-4-5-10-21(20)25-27-29-30-28-25/h4-6,8-15H,3,7,16H2,1-2H3,(H,27,28,29,30). The van der Waals surface area contributed by atoms with E-state index in [1.165, 1.54) is 16.6 Å². The quantitative estimate of drug-likeness (QED) is 0.419. The maximum absolute atomic E-state index is 4.90. The molecular weight excluding hydrogens is 384 g/mol. The summed E-state index contributed by atoms with van der Waals surface area (Å²) >= 11 is 0. The number of benzene rings is 3. The molecule has 31 heavy (non-hydrogen) atoms. The van der Waals surface area contributed by atoms with Crippen LogP contribution in [-0.4, -0.2) is 30.2 Å². The third-order valence-corrected chi connectivity index (χ3v) is 5.64. The van der Waals surface area contributed by atoms with E-state index in [1.54, 1.807) is 0 Å². The molecule has 154 valence electrons. The summed E-state index contributed by atoms with van der Waals surface area (Å²) in [5, 5.41) is 14.5. The highest BCUT2D eigenvalue weighted by Gasteiger charge is 2.14. The molecule has 6 heteroatoms. The Kier molecular flexibility index (Phi) is 5.04. The van der Waals surface area contributed by atoms with E-state index >= 15 is 0 Å². The van der Waals surface area contributed by atoms with Crippen molar-refractivity contribution < 1.29 is 0 Å². The van der Waals surface area contributed by atoms with Gasteiger partial charge in [-0.1, -0.05) is 67.6 Å². The molecule has 0 bridgehead atoms. The Morgan fingerprint density at radius 3 is 2.45 bits per heavy atom. The van der Waals surface area contributed by atoms with Crippen LogP contribution in [0, 0.1) is 6.92 Å². The van der Waals surface area contributed by atoms with Crippen molar-refractivity contribution in [2.24, 2.45) is 0 Å². The van der Waals surface area contributed by atoms with Gasteiger partial charge in [0.15, 0.2) is 0 Å². The third-order valence-electron chi connectivity index (χ3n) is 5.64. The van der Waals surface area contributed by atoms with Crippen LogP contribution in [0.3, 0.4) is 0 Å². The Bertz CT molecular complexity index is 1320. The number of imidazole rings is 1. The number of rotatable bonds is 6. The molecule has 0 aliphatic heterocycles. The lowest BCUT2D eigenvalue weighted by Gasteiger charge is -2.12. The van der Waals surface area contributed by atoms with Crippen molar-refractivity contribution in [2.75, 3.05) is 0 Å². The molecular formula is C25H24N6. The number of hydrogen-bond donors (Lipinski definition) is 1. The maximum Gasteiger partial charge on any atom is 0.205 e. The smallest absolute Gasteiger partial charge is 0.205 e. The van der Waals surface area contributed by atoms with E-state index in [0.717, 1.165) is 47.4 Å². The normalized spacial score (nSPS) is 11.3. The van der Waals surface area contributed by atoms with Crippen molar-refractivity contribution in [3.63, 3.8) is 0 Å². The molecule has 0 amide bonds. The zero-order valence-electron chi connectivity index (χ0n) is 17.7. The summed E-state index contributed by atoms with van der Waals surface area (Å²) in [4.78, 5) is 4.90. The molecule has 0 aliphatic carbocycles. The van der Waals surface area contributed by atoms with E-state index in [0.29, 0.717) is 5.82 Å². The van der Waals surface area contributed by atoms with Gasteiger partial charge in [0.25, 0.3) is 0 Å². The molecule has 0 aliphatic rings. The molecule has 0 spiro atoms. The maximum atomic E-state index is 4.90. The minimum atomic E-state index is 0.601. The third kappa shape index (κ3) is 3.61. The van der Waals surface area contributed by atoms with E-state index in [2.05, 4.69) is 87.6 Å². The van der Waals surface area contributed by atoms with Gasteiger partial charge in [0.05, 0.1) is 11.0 Å². The Hall–Kier alpha value is -3.80. The Morgan fingerprint density at radius 2 is 1.71 bits per heavy atom. The molecule has 0 saturated carbocycles. The predicted molar refractivity (Wildman–Crippen MR) is 123 cm³/mol. The molecule has 5 rings (SSSR count). The van der Waals surface area contributed by atoms with Crippen LogP contribution in [0.1, 0.15) is 30.3 Å². The summed E-state index contributed by atoms with van der Waals surface area (Å²) in [6.07, 6.45) is 2.05. The Morgan fingerprint density at radius 1 is 0.903 bits per heavy atom. The van der Waals surface area contributed by atoms with Crippen molar-refractivity contribution in [1.29, 1.82) is 0 Å². The van der Waals surface area contributed by atoms with Crippen LogP contribution in [0.15, 0.2) is 66.7 Å². The monoisotopic (exact) mass is 408 g/mol. The van der Waals surface area contributed by atoms with Crippen LogP contribution in [0.5, 0.6) is 0 Å². The lowest BCUT2D eigenvalue weighted by atomic mass is 9.98. The summed E-state index contributed by atoms with van der Waals surface area (Å²) in [5.74, 6) is 1.75. The summed E-state index contributed by atoms with van der Waals surface area (Å²) < 4.78 is 2.37. The predicted octanol–water partition coefficient (Wildman–Crippen LogP) is 5.19. The minimum Gasteiger partial charge on any atom is -0.323 e. The van der Waals surface area contributed by atoms with Crippen molar-refractivity contribution >= 4 is 11.0 Å². The van der Waals surface area contributed by atoms with E-state index < -0.39 is 0 Å². The van der Waals surface area contributed by atoms with Gasteiger partial charge in [-0.25, -0.2) is 4.98 Å². The van der Waals surface area contributed by atoms with Crippen molar-refractivity contribution in [1.82, 2.24) is 30.2 Å². The molecule has 5 aromatic rings. The zero-order chi connectivity index (χ0) is 21.2. The lowest BCUT2D eigenvalue weighted by molar-refractivity contribution is 0.721. The molecule has 6 nitrogen and oxygen atoms in total. The minimum absolute atomic E-state index is 0.601. The molecule has 2 heterocycles. The highest BCUT2D eigenvalue weighted by atomic mass is 15.5.